The van der Waals surface area contributed by atoms with Crippen molar-refractivity contribution in [1.82, 2.24) is 4.98 Å². The van der Waals surface area contributed by atoms with Gasteiger partial charge in [-0.2, -0.15) is 13.2 Å². The lowest BCUT2D eigenvalue weighted by atomic mass is 10.0. The Morgan fingerprint density at radius 2 is 2.00 bits per heavy atom. The van der Waals surface area contributed by atoms with Gasteiger partial charge in [0.2, 0.25) is 0 Å². The third-order valence-corrected chi connectivity index (χ3v) is 2.58. The molecule has 1 heterocycles. The summed E-state index contributed by atoms with van der Waals surface area (Å²) in [6, 6.07) is 3.75. The maximum Gasteiger partial charge on any atom is 0.417 e. The van der Waals surface area contributed by atoms with Gasteiger partial charge in [-0.15, -0.1) is 0 Å². The first-order valence-electron chi connectivity index (χ1n) is 4.69. The van der Waals surface area contributed by atoms with Gasteiger partial charge < -0.3 is 5.11 Å². The average molecular weight is 276 g/mol. The van der Waals surface area contributed by atoms with Crippen LogP contribution in [0.3, 0.4) is 0 Å². The van der Waals surface area contributed by atoms with Gasteiger partial charge in [-0.25, -0.2) is 4.79 Å². The molecule has 18 heavy (non-hydrogen) atoms. The van der Waals surface area contributed by atoms with E-state index in [2.05, 4.69) is 4.98 Å². The van der Waals surface area contributed by atoms with Gasteiger partial charge >= 0.3 is 12.1 Å². The molecule has 1 aromatic carbocycles. The van der Waals surface area contributed by atoms with Crippen LogP contribution in [0.2, 0.25) is 5.02 Å². The number of benzene rings is 1. The van der Waals surface area contributed by atoms with Crippen molar-refractivity contribution < 1.29 is 23.1 Å². The summed E-state index contributed by atoms with van der Waals surface area (Å²) in [5.41, 5.74) is -2.09. The fourth-order valence-electron chi connectivity index (χ4n) is 1.63. The Labute approximate surface area is 104 Å². The van der Waals surface area contributed by atoms with Crippen LogP contribution in [0.15, 0.2) is 24.4 Å². The first kappa shape index (κ1) is 12.6. The Balaban J connectivity index is 2.93. The number of carbonyl (C=O) groups is 1. The van der Waals surface area contributed by atoms with Crippen LogP contribution in [0.1, 0.15) is 15.9 Å². The van der Waals surface area contributed by atoms with Crippen LogP contribution in [-0.2, 0) is 6.18 Å². The van der Waals surface area contributed by atoms with Crippen molar-refractivity contribution in [1.29, 1.82) is 0 Å². The van der Waals surface area contributed by atoms with Crippen molar-refractivity contribution in [2.24, 2.45) is 0 Å². The molecule has 2 rings (SSSR count). The molecular weight excluding hydrogens is 271 g/mol. The van der Waals surface area contributed by atoms with E-state index in [1.54, 1.807) is 0 Å². The van der Waals surface area contributed by atoms with Gasteiger partial charge in [-0.05, 0) is 18.2 Å². The third-order valence-electron chi connectivity index (χ3n) is 2.34. The Morgan fingerprint density at radius 1 is 1.33 bits per heavy atom. The normalized spacial score (nSPS) is 11.8. The predicted octanol–water partition coefficient (Wildman–Crippen LogP) is 3.61. The van der Waals surface area contributed by atoms with Crippen molar-refractivity contribution in [2.75, 3.05) is 0 Å². The molecule has 0 aliphatic rings. The number of hydrogen-bond donors (Lipinski definition) is 1. The molecule has 2 aromatic rings. The Morgan fingerprint density at radius 3 is 2.56 bits per heavy atom. The highest BCUT2D eigenvalue weighted by Crippen LogP contribution is 2.37. The lowest BCUT2D eigenvalue weighted by Crippen LogP contribution is -2.14. The summed E-state index contributed by atoms with van der Waals surface area (Å²) < 4.78 is 38.8. The van der Waals surface area contributed by atoms with Gasteiger partial charge in [0.1, 0.15) is 0 Å². The summed E-state index contributed by atoms with van der Waals surface area (Å²) in [4.78, 5) is 14.5. The average Bonchev–Trinajstić information content (AvgIpc) is 2.25. The van der Waals surface area contributed by atoms with Gasteiger partial charge in [0.25, 0.3) is 0 Å². The Hall–Kier alpha value is -1.82. The zero-order chi connectivity index (χ0) is 13.5. The van der Waals surface area contributed by atoms with Crippen molar-refractivity contribution in [2.45, 2.75) is 6.18 Å². The summed E-state index contributed by atoms with van der Waals surface area (Å²) in [6.45, 7) is 0. The molecule has 0 atom stereocenters. The first-order chi connectivity index (χ1) is 8.30. The summed E-state index contributed by atoms with van der Waals surface area (Å²) in [6.07, 6.45) is -4.10. The van der Waals surface area contributed by atoms with Gasteiger partial charge in [0, 0.05) is 16.6 Å². The van der Waals surface area contributed by atoms with Crippen molar-refractivity contribution in [3.63, 3.8) is 0 Å². The first-order valence-corrected chi connectivity index (χ1v) is 5.07. The Kier molecular flexibility index (Phi) is 2.90. The molecule has 0 bridgehead atoms. The number of alkyl halides is 3. The number of aromatic carboxylic acids is 1. The largest absolute Gasteiger partial charge is 0.478 e. The molecule has 0 saturated heterocycles. The van der Waals surface area contributed by atoms with E-state index >= 15 is 0 Å². The quantitative estimate of drug-likeness (QED) is 0.865. The lowest BCUT2D eigenvalue weighted by Gasteiger charge is -2.13. The van der Waals surface area contributed by atoms with E-state index in [4.69, 9.17) is 16.7 Å². The highest BCUT2D eigenvalue weighted by molar-refractivity contribution is 6.31. The monoisotopic (exact) mass is 275 g/mol. The van der Waals surface area contributed by atoms with Crippen LogP contribution in [0.5, 0.6) is 0 Å². The maximum atomic E-state index is 12.9. The minimum absolute atomic E-state index is 0.0386. The highest BCUT2D eigenvalue weighted by Gasteiger charge is 2.37. The number of pyridine rings is 1. The van der Waals surface area contributed by atoms with Crippen molar-refractivity contribution in [3.8, 4) is 0 Å². The minimum Gasteiger partial charge on any atom is -0.478 e. The predicted molar refractivity (Wildman–Crippen MR) is 58.7 cm³/mol. The molecule has 1 aromatic heterocycles. The van der Waals surface area contributed by atoms with E-state index in [0.29, 0.717) is 6.20 Å². The highest BCUT2D eigenvalue weighted by atomic mass is 35.5. The van der Waals surface area contributed by atoms with E-state index in [1.165, 1.54) is 12.1 Å². The second kappa shape index (κ2) is 4.13. The number of carboxylic acid groups (broad SMARTS) is 1. The van der Waals surface area contributed by atoms with Crippen molar-refractivity contribution in [3.05, 3.63) is 40.5 Å². The zero-order valence-corrected chi connectivity index (χ0v) is 9.38. The molecule has 1 N–H and O–H groups in total. The van der Waals surface area contributed by atoms with E-state index in [1.807, 2.05) is 0 Å². The molecule has 0 aliphatic heterocycles. The summed E-state index contributed by atoms with van der Waals surface area (Å²) in [7, 11) is 0. The summed E-state index contributed by atoms with van der Waals surface area (Å²) in [5.74, 6) is -1.68. The van der Waals surface area contributed by atoms with Crippen molar-refractivity contribution >= 4 is 28.5 Å². The van der Waals surface area contributed by atoms with Crippen LogP contribution in [0.25, 0.3) is 10.9 Å². The fourth-order valence-corrected chi connectivity index (χ4v) is 1.80. The SMILES string of the molecule is O=C(O)c1cnc2ccc(Cl)cc2c1C(F)(F)F. The summed E-state index contributed by atoms with van der Waals surface area (Å²) >= 11 is 5.63. The topological polar surface area (TPSA) is 50.2 Å². The molecule has 0 fully saturated rings. The second-order valence-electron chi connectivity index (χ2n) is 3.51. The summed E-state index contributed by atoms with van der Waals surface area (Å²) in [5, 5.41) is 8.54. The fraction of sp³-hybridized carbons (Fsp3) is 0.0909. The molecular formula is C11H5ClF3NO2. The van der Waals surface area contributed by atoms with Gasteiger partial charge in [-0.3, -0.25) is 4.98 Å². The third kappa shape index (κ3) is 2.11. The Bertz CT molecular complexity index is 640. The number of halogens is 4. The molecule has 3 nitrogen and oxygen atoms in total. The molecule has 0 aliphatic carbocycles. The second-order valence-corrected chi connectivity index (χ2v) is 3.95. The van der Waals surface area contributed by atoms with E-state index in [-0.39, 0.29) is 15.9 Å². The molecule has 0 unspecified atom stereocenters. The number of fused-ring (bicyclic) bond motifs is 1. The number of nitrogens with zero attached hydrogens (tertiary/aromatic N) is 1. The molecule has 94 valence electrons. The molecule has 0 saturated carbocycles. The van der Waals surface area contributed by atoms with Crippen LogP contribution in [0.4, 0.5) is 13.2 Å². The zero-order valence-electron chi connectivity index (χ0n) is 8.62. The standard InChI is InChI=1S/C11H5ClF3NO2/c12-5-1-2-8-6(3-5)9(11(13,14)15)7(4-16-8)10(17)18/h1-4H,(H,17,18). The van der Waals surface area contributed by atoms with E-state index in [0.717, 1.165) is 6.07 Å². The van der Waals surface area contributed by atoms with Crippen LogP contribution >= 0.6 is 11.6 Å². The molecule has 0 radical (unpaired) electrons. The van der Waals surface area contributed by atoms with E-state index < -0.39 is 23.3 Å². The smallest absolute Gasteiger partial charge is 0.417 e. The van der Waals surface area contributed by atoms with Gasteiger partial charge in [0.15, 0.2) is 0 Å². The molecule has 0 spiro atoms. The molecule has 0 amide bonds. The minimum atomic E-state index is -4.79. The van der Waals surface area contributed by atoms with Gasteiger partial charge in [-0.1, -0.05) is 11.6 Å². The van der Waals surface area contributed by atoms with Gasteiger partial charge in [0.05, 0.1) is 16.6 Å². The van der Waals surface area contributed by atoms with Crippen LogP contribution in [0, 0.1) is 0 Å². The van der Waals surface area contributed by atoms with Crippen LogP contribution in [-0.4, -0.2) is 16.1 Å². The number of aromatic nitrogens is 1. The van der Waals surface area contributed by atoms with Crippen LogP contribution < -0.4 is 0 Å². The van der Waals surface area contributed by atoms with E-state index in [9.17, 15) is 18.0 Å². The molecule has 7 heteroatoms. The maximum absolute atomic E-state index is 12.9. The lowest BCUT2D eigenvalue weighted by molar-refractivity contribution is -0.136. The number of rotatable bonds is 1. The number of carboxylic acids is 1. The number of hydrogen-bond acceptors (Lipinski definition) is 2.